The van der Waals surface area contributed by atoms with Gasteiger partial charge in [-0.2, -0.15) is 0 Å². The third kappa shape index (κ3) is 2.96. The minimum Gasteiger partial charge on any atom is -0.468 e. The smallest absolute Gasteiger partial charge is 0.126 e. The third-order valence-corrected chi connectivity index (χ3v) is 2.77. The van der Waals surface area contributed by atoms with Gasteiger partial charge in [-0.05, 0) is 48.9 Å². The summed E-state index contributed by atoms with van der Waals surface area (Å²) in [5.74, 6) is -0.104. The fraction of sp³-hybridized carbons (Fsp3) is 0.286. The van der Waals surface area contributed by atoms with Crippen LogP contribution in [-0.2, 0) is 6.42 Å². The first-order valence-corrected chi connectivity index (χ1v) is 5.91. The molecular formula is C14H15F2NO. The molecule has 0 fully saturated rings. The molecule has 2 nitrogen and oxygen atoms in total. The average molecular weight is 251 g/mol. The van der Waals surface area contributed by atoms with Crippen LogP contribution in [0.5, 0.6) is 0 Å². The Morgan fingerprint density at radius 1 is 1.28 bits per heavy atom. The molecule has 0 amide bonds. The van der Waals surface area contributed by atoms with Crippen molar-refractivity contribution in [1.82, 2.24) is 5.32 Å². The SMILES string of the molecule is CCNC(Cc1cc(F)ccc1F)c1ccco1. The molecule has 2 aromatic rings. The van der Waals surface area contributed by atoms with E-state index in [1.807, 2.05) is 13.0 Å². The lowest BCUT2D eigenvalue weighted by atomic mass is 10.0. The van der Waals surface area contributed by atoms with E-state index in [1.165, 1.54) is 6.07 Å². The van der Waals surface area contributed by atoms with Gasteiger partial charge in [0.05, 0.1) is 12.3 Å². The van der Waals surface area contributed by atoms with E-state index in [2.05, 4.69) is 5.32 Å². The Labute approximate surface area is 105 Å². The molecular weight excluding hydrogens is 236 g/mol. The maximum Gasteiger partial charge on any atom is 0.126 e. The van der Waals surface area contributed by atoms with Crippen molar-refractivity contribution in [3.63, 3.8) is 0 Å². The number of hydrogen-bond donors (Lipinski definition) is 1. The molecule has 1 unspecified atom stereocenters. The number of halogens is 2. The first-order valence-electron chi connectivity index (χ1n) is 5.91. The van der Waals surface area contributed by atoms with Crippen molar-refractivity contribution in [3.8, 4) is 0 Å². The summed E-state index contributed by atoms with van der Waals surface area (Å²) >= 11 is 0. The normalized spacial score (nSPS) is 12.6. The quantitative estimate of drug-likeness (QED) is 0.880. The van der Waals surface area contributed by atoms with Gasteiger partial charge < -0.3 is 9.73 Å². The van der Waals surface area contributed by atoms with Crippen LogP contribution in [0.4, 0.5) is 8.78 Å². The number of benzene rings is 1. The van der Waals surface area contributed by atoms with Gasteiger partial charge in [0.25, 0.3) is 0 Å². The molecule has 0 spiro atoms. The zero-order valence-electron chi connectivity index (χ0n) is 10.1. The van der Waals surface area contributed by atoms with Gasteiger partial charge in [-0.1, -0.05) is 6.92 Å². The van der Waals surface area contributed by atoms with Crippen molar-refractivity contribution >= 4 is 0 Å². The lowest BCUT2D eigenvalue weighted by molar-refractivity contribution is 0.412. The molecule has 0 saturated carbocycles. The number of likely N-dealkylation sites (N-methyl/N-ethyl adjacent to an activating group) is 1. The van der Waals surface area contributed by atoms with Crippen LogP contribution >= 0.6 is 0 Å². The number of rotatable bonds is 5. The van der Waals surface area contributed by atoms with Crippen LogP contribution in [0.25, 0.3) is 0 Å². The second kappa shape index (κ2) is 5.78. The highest BCUT2D eigenvalue weighted by Crippen LogP contribution is 2.21. The van der Waals surface area contributed by atoms with Gasteiger partial charge in [0.15, 0.2) is 0 Å². The Hall–Kier alpha value is -1.68. The Bertz CT molecular complexity index is 497. The predicted octanol–water partition coefficient (Wildman–Crippen LogP) is 3.45. The van der Waals surface area contributed by atoms with Gasteiger partial charge >= 0.3 is 0 Å². The van der Waals surface area contributed by atoms with Gasteiger partial charge in [0.1, 0.15) is 17.4 Å². The van der Waals surface area contributed by atoms with Gasteiger partial charge in [0, 0.05) is 0 Å². The van der Waals surface area contributed by atoms with Crippen molar-refractivity contribution < 1.29 is 13.2 Å². The van der Waals surface area contributed by atoms with Crippen molar-refractivity contribution in [1.29, 1.82) is 0 Å². The first-order chi connectivity index (χ1) is 8.70. The molecule has 1 aromatic carbocycles. The van der Waals surface area contributed by atoms with Gasteiger partial charge in [-0.3, -0.25) is 0 Å². The molecule has 96 valence electrons. The summed E-state index contributed by atoms with van der Waals surface area (Å²) in [5, 5.41) is 3.20. The molecule has 0 saturated heterocycles. The molecule has 0 aliphatic rings. The summed E-state index contributed by atoms with van der Waals surface area (Å²) in [5.41, 5.74) is 0.345. The summed E-state index contributed by atoms with van der Waals surface area (Å²) in [6.07, 6.45) is 1.92. The maximum atomic E-state index is 13.6. The van der Waals surface area contributed by atoms with Crippen LogP contribution in [0, 0.1) is 11.6 Å². The van der Waals surface area contributed by atoms with Crippen LogP contribution in [-0.4, -0.2) is 6.54 Å². The van der Waals surface area contributed by atoms with E-state index in [0.29, 0.717) is 12.0 Å². The third-order valence-electron chi connectivity index (χ3n) is 2.77. The number of nitrogens with one attached hydrogen (secondary N) is 1. The van der Waals surface area contributed by atoms with Crippen molar-refractivity contribution in [3.05, 3.63) is 59.6 Å². The van der Waals surface area contributed by atoms with Gasteiger partial charge in [0.2, 0.25) is 0 Å². The summed E-state index contributed by atoms with van der Waals surface area (Å²) in [7, 11) is 0. The Morgan fingerprint density at radius 3 is 2.78 bits per heavy atom. The summed E-state index contributed by atoms with van der Waals surface area (Å²) in [6.45, 7) is 2.68. The Morgan fingerprint density at radius 2 is 2.11 bits per heavy atom. The number of hydrogen-bond acceptors (Lipinski definition) is 2. The van der Waals surface area contributed by atoms with Crippen molar-refractivity contribution in [2.75, 3.05) is 6.54 Å². The fourth-order valence-electron chi connectivity index (χ4n) is 1.93. The van der Waals surface area contributed by atoms with E-state index in [1.54, 1.807) is 12.3 Å². The first kappa shape index (κ1) is 12.8. The highest BCUT2D eigenvalue weighted by Gasteiger charge is 2.16. The highest BCUT2D eigenvalue weighted by atomic mass is 19.1. The molecule has 0 aliphatic carbocycles. The van der Waals surface area contributed by atoms with Crippen molar-refractivity contribution in [2.45, 2.75) is 19.4 Å². The lowest BCUT2D eigenvalue weighted by Gasteiger charge is -2.16. The minimum atomic E-state index is -0.430. The molecule has 0 radical (unpaired) electrons. The average Bonchev–Trinajstić information content (AvgIpc) is 2.87. The summed E-state index contributed by atoms with van der Waals surface area (Å²) < 4.78 is 32.0. The zero-order valence-corrected chi connectivity index (χ0v) is 10.1. The largest absolute Gasteiger partial charge is 0.468 e. The second-order valence-corrected chi connectivity index (χ2v) is 4.07. The lowest BCUT2D eigenvalue weighted by Crippen LogP contribution is -2.23. The zero-order chi connectivity index (χ0) is 13.0. The highest BCUT2D eigenvalue weighted by molar-refractivity contribution is 5.21. The van der Waals surface area contributed by atoms with Crippen LogP contribution in [0.1, 0.15) is 24.3 Å². The monoisotopic (exact) mass is 251 g/mol. The maximum absolute atomic E-state index is 13.6. The van der Waals surface area contributed by atoms with Crippen LogP contribution in [0.15, 0.2) is 41.0 Å². The standard InChI is InChI=1S/C14H15F2NO/c1-2-17-13(14-4-3-7-18-14)9-10-8-11(15)5-6-12(10)16/h3-8,13,17H,2,9H2,1H3. The summed E-state index contributed by atoms with van der Waals surface area (Å²) in [4.78, 5) is 0. The van der Waals surface area contributed by atoms with Crippen molar-refractivity contribution in [2.24, 2.45) is 0 Å². The fourth-order valence-corrected chi connectivity index (χ4v) is 1.93. The van der Waals surface area contributed by atoms with Crippen LogP contribution in [0.3, 0.4) is 0 Å². The minimum absolute atomic E-state index is 0.152. The summed E-state index contributed by atoms with van der Waals surface area (Å²) in [6, 6.07) is 6.94. The molecule has 4 heteroatoms. The number of furan rings is 1. The molecule has 1 atom stereocenters. The predicted molar refractivity (Wildman–Crippen MR) is 65.2 cm³/mol. The van der Waals surface area contributed by atoms with Gasteiger partial charge in [-0.15, -0.1) is 0 Å². The topological polar surface area (TPSA) is 25.2 Å². The van der Waals surface area contributed by atoms with E-state index < -0.39 is 11.6 Å². The van der Waals surface area contributed by atoms with Gasteiger partial charge in [-0.25, -0.2) is 8.78 Å². The molecule has 2 rings (SSSR count). The van der Waals surface area contributed by atoms with E-state index >= 15 is 0 Å². The molecule has 0 aliphatic heterocycles. The van der Waals surface area contributed by atoms with Crippen LogP contribution < -0.4 is 5.32 Å². The van der Waals surface area contributed by atoms with E-state index in [4.69, 9.17) is 4.42 Å². The van der Waals surface area contributed by atoms with E-state index in [9.17, 15) is 8.78 Å². The molecule has 1 N–H and O–H groups in total. The van der Waals surface area contributed by atoms with E-state index in [0.717, 1.165) is 24.4 Å². The molecule has 1 heterocycles. The van der Waals surface area contributed by atoms with E-state index in [-0.39, 0.29) is 6.04 Å². The molecule has 0 bridgehead atoms. The molecule has 18 heavy (non-hydrogen) atoms. The molecule has 1 aromatic heterocycles. The Kier molecular flexibility index (Phi) is 4.10. The van der Waals surface area contributed by atoms with Crippen LogP contribution in [0.2, 0.25) is 0 Å². The second-order valence-electron chi connectivity index (χ2n) is 4.07. The Balaban J connectivity index is 2.21.